The monoisotopic (exact) mass is 662 g/mol. The summed E-state index contributed by atoms with van der Waals surface area (Å²) in [5, 5.41) is 16.0. The van der Waals surface area contributed by atoms with Gasteiger partial charge in [0.05, 0.1) is 23.7 Å². The number of hydrogen-bond donors (Lipinski definition) is 2. The number of benzene rings is 2. The van der Waals surface area contributed by atoms with Crippen LogP contribution in [-0.4, -0.2) is 87.9 Å². The van der Waals surface area contributed by atoms with E-state index in [9.17, 15) is 23.5 Å². The highest BCUT2D eigenvalue weighted by atomic mass is 35.5. The molecule has 0 radical (unpaired) electrons. The predicted molar refractivity (Wildman–Crippen MR) is 172 cm³/mol. The molecular weight excluding hydrogens is 634 g/mol. The van der Waals surface area contributed by atoms with Gasteiger partial charge in [-0.15, -0.1) is 11.3 Å². The summed E-state index contributed by atoms with van der Waals surface area (Å²) in [7, 11) is 0. The number of aliphatic carboxylic acids is 1. The van der Waals surface area contributed by atoms with Crippen molar-refractivity contribution in [1.29, 1.82) is 0 Å². The summed E-state index contributed by atoms with van der Waals surface area (Å²) < 4.78 is 28.4. The van der Waals surface area contributed by atoms with Crippen LogP contribution in [0, 0.1) is 23.5 Å². The molecule has 236 valence electrons. The predicted octanol–water partition coefficient (Wildman–Crippen LogP) is 5.01. The standard InChI is InChI=1S/C33H29ClF2N6O3S/c1-19(2)21-6-5-20(26(36)14-21)4-3-10-41-17-23-16-40(11-12-42(23)33(41)45)18-27-28(32(43)44)29(24-8-7-22(35)15-25(24)34)39-30(38-27)31-37-9-13-46-31/h5-9,13-15,23,29H,1,10-12,16-18H2,2H3,(H,38,39)(H,43,44)/t23-,29-/m0/s1. The third-order valence-electron chi connectivity index (χ3n) is 8.10. The number of halogens is 3. The SMILES string of the molecule is C=C(C)c1ccc(C#CCN2C[C@@H]3CN(CC4=C(C(=O)O)[C@H](c5ccc(F)cc5Cl)N=C(c5nccs5)N4)CCN3C2=O)c(F)c1. The normalized spacial score (nSPS) is 19.7. The average Bonchev–Trinajstić information content (AvgIpc) is 3.66. The number of rotatable bonds is 7. The number of nitrogens with one attached hydrogen (secondary N) is 1. The van der Waals surface area contributed by atoms with Crippen LogP contribution >= 0.6 is 22.9 Å². The molecule has 13 heteroatoms. The molecule has 0 aliphatic carbocycles. The Hall–Kier alpha value is -4.57. The van der Waals surface area contributed by atoms with E-state index in [1.165, 1.54) is 29.5 Å². The fourth-order valence-corrected chi connectivity index (χ4v) is 6.68. The first-order valence-corrected chi connectivity index (χ1v) is 15.7. The van der Waals surface area contributed by atoms with E-state index in [0.29, 0.717) is 53.8 Å². The second kappa shape index (κ2) is 13.0. The third kappa shape index (κ3) is 6.39. The van der Waals surface area contributed by atoms with Gasteiger partial charge in [-0.2, -0.15) is 0 Å². The minimum absolute atomic E-state index is 0.000779. The summed E-state index contributed by atoms with van der Waals surface area (Å²) in [5.74, 6) is 4.00. The molecule has 4 heterocycles. The Bertz CT molecular complexity index is 1850. The fraction of sp³-hybridized carbons (Fsp3) is 0.273. The molecular formula is C33H29ClF2N6O3S. The second-order valence-corrected chi connectivity index (χ2v) is 12.5. The lowest BCUT2D eigenvalue weighted by Crippen LogP contribution is -2.53. The smallest absolute Gasteiger partial charge is 0.335 e. The first kappa shape index (κ1) is 31.4. The number of fused-ring (bicyclic) bond motifs is 1. The Balaban J connectivity index is 1.19. The van der Waals surface area contributed by atoms with Gasteiger partial charge >= 0.3 is 12.0 Å². The average molecular weight is 663 g/mol. The van der Waals surface area contributed by atoms with Crippen LogP contribution in [0.3, 0.4) is 0 Å². The summed E-state index contributed by atoms with van der Waals surface area (Å²) in [4.78, 5) is 40.4. The number of urea groups is 1. The maximum Gasteiger partial charge on any atom is 0.335 e. The molecule has 0 bridgehead atoms. The van der Waals surface area contributed by atoms with Gasteiger partial charge in [-0.1, -0.05) is 47.7 Å². The van der Waals surface area contributed by atoms with Gasteiger partial charge in [0.1, 0.15) is 17.7 Å². The van der Waals surface area contributed by atoms with Gasteiger partial charge in [-0.25, -0.2) is 23.4 Å². The highest BCUT2D eigenvalue weighted by Gasteiger charge is 2.41. The number of aliphatic imine (C=N–C) groups is 1. The lowest BCUT2D eigenvalue weighted by molar-refractivity contribution is -0.133. The van der Waals surface area contributed by atoms with Crippen LogP contribution in [0.25, 0.3) is 5.57 Å². The van der Waals surface area contributed by atoms with Crippen LogP contribution in [0.1, 0.15) is 34.7 Å². The van der Waals surface area contributed by atoms with E-state index in [-0.39, 0.29) is 41.3 Å². The van der Waals surface area contributed by atoms with Gasteiger partial charge in [0.25, 0.3) is 0 Å². The van der Waals surface area contributed by atoms with Crippen molar-refractivity contribution in [3.8, 4) is 11.8 Å². The van der Waals surface area contributed by atoms with E-state index < -0.39 is 23.6 Å². The Morgan fingerprint density at radius 1 is 1.22 bits per heavy atom. The van der Waals surface area contributed by atoms with Crippen LogP contribution < -0.4 is 5.32 Å². The number of thiazole rings is 1. The van der Waals surface area contributed by atoms with Crippen LogP contribution in [0.4, 0.5) is 13.6 Å². The number of hydrogen-bond acceptors (Lipinski definition) is 7. The molecule has 6 rings (SSSR count). The van der Waals surface area contributed by atoms with E-state index >= 15 is 0 Å². The van der Waals surface area contributed by atoms with Crippen molar-refractivity contribution in [2.45, 2.75) is 19.0 Å². The van der Waals surface area contributed by atoms with Crippen molar-refractivity contribution < 1.29 is 23.5 Å². The first-order valence-electron chi connectivity index (χ1n) is 14.5. The maximum absolute atomic E-state index is 14.5. The number of allylic oxidation sites excluding steroid dienone is 1. The number of carbonyl (C=O) groups excluding carboxylic acids is 1. The van der Waals surface area contributed by atoms with E-state index in [1.54, 1.807) is 40.4 Å². The zero-order valence-corrected chi connectivity index (χ0v) is 26.3. The molecule has 2 atom stereocenters. The Morgan fingerprint density at radius 3 is 2.74 bits per heavy atom. The lowest BCUT2D eigenvalue weighted by Gasteiger charge is -2.37. The van der Waals surface area contributed by atoms with E-state index in [4.69, 9.17) is 11.6 Å². The number of carboxylic acid groups (broad SMARTS) is 1. The van der Waals surface area contributed by atoms with Crippen LogP contribution in [0.15, 0.2) is 70.8 Å². The van der Waals surface area contributed by atoms with Crippen molar-refractivity contribution in [3.05, 3.63) is 104 Å². The first-order chi connectivity index (χ1) is 22.1. The highest BCUT2D eigenvalue weighted by molar-refractivity contribution is 7.11. The molecule has 2 aromatic carbocycles. The molecule has 9 nitrogen and oxygen atoms in total. The Labute approximate surface area is 273 Å². The molecule has 2 saturated heterocycles. The fourth-order valence-electron chi connectivity index (χ4n) is 5.82. The number of piperazine rings is 1. The zero-order valence-electron chi connectivity index (χ0n) is 24.8. The van der Waals surface area contributed by atoms with Crippen molar-refractivity contribution in [2.75, 3.05) is 39.3 Å². The van der Waals surface area contributed by atoms with Crippen molar-refractivity contribution in [1.82, 2.24) is 25.0 Å². The zero-order chi connectivity index (χ0) is 32.5. The van der Waals surface area contributed by atoms with Crippen LogP contribution in [0.2, 0.25) is 5.02 Å². The molecule has 3 aliphatic rings. The number of amidine groups is 1. The minimum atomic E-state index is -1.18. The van der Waals surface area contributed by atoms with Crippen molar-refractivity contribution in [2.24, 2.45) is 4.99 Å². The molecule has 46 heavy (non-hydrogen) atoms. The summed E-state index contributed by atoms with van der Waals surface area (Å²) in [6.45, 7) is 7.89. The van der Waals surface area contributed by atoms with Crippen molar-refractivity contribution >= 4 is 46.3 Å². The summed E-state index contributed by atoms with van der Waals surface area (Å²) in [5.41, 5.74) is 2.49. The molecule has 1 aromatic heterocycles. The molecule has 2 amide bonds. The van der Waals surface area contributed by atoms with Crippen molar-refractivity contribution in [3.63, 3.8) is 0 Å². The summed E-state index contributed by atoms with van der Waals surface area (Å²) in [6, 6.07) is 7.31. The van der Waals surface area contributed by atoms with Gasteiger partial charge < -0.3 is 20.2 Å². The molecule has 2 N–H and O–H groups in total. The van der Waals surface area contributed by atoms with Gasteiger partial charge in [0, 0.05) is 60.6 Å². The molecule has 2 fully saturated rings. The number of nitrogens with zero attached hydrogens (tertiary/aromatic N) is 5. The number of carbonyl (C=O) groups is 2. The van der Waals surface area contributed by atoms with Gasteiger partial charge in [-0.05, 0) is 36.8 Å². The number of amides is 2. The molecule has 3 aromatic rings. The number of carboxylic acids is 1. The Morgan fingerprint density at radius 2 is 2.04 bits per heavy atom. The largest absolute Gasteiger partial charge is 0.478 e. The summed E-state index contributed by atoms with van der Waals surface area (Å²) in [6.07, 6.45) is 1.63. The van der Waals surface area contributed by atoms with Crippen LogP contribution in [-0.2, 0) is 4.79 Å². The van der Waals surface area contributed by atoms with E-state index in [1.807, 2.05) is 0 Å². The summed E-state index contributed by atoms with van der Waals surface area (Å²) >= 11 is 7.73. The topological polar surface area (TPSA) is 101 Å². The molecule has 0 spiro atoms. The quantitative estimate of drug-likeness (QED) is 0.345. The minimum Gasteiger partial charge on any atom is -0.478 e. The van der Waals surface area contributed by atoms with Gasteiger partial charge in [0.2, 0.25) is 0 Å². The molecule has 0 saturated carbocycles. The molecule has 3 aliphatic heterocycles. The highest BCUT2D eigenvalue weighted by Crippen LogP contribution is 2.36. The third-order valence-corrected chi connectivity index (χ3v) is 9.21. The van der Waals surface area contributed by atoms with Crippen LogP contribution in [0.5, 0.6) is 0 Å². The van der Waals surface area contributed by atoms with E-state index in [0.717, 1.165) is 11.6 Å². The lowest BCUT2D eigenvalue weighted by atomic mass is 9.95. The van der Waals surface area contributed by atoms with Gasteiger partial charge in [-0.3, -0.25) is 9.89 Å². The maximum atomic E-state index is 14.5. The van der Waals surface area contributed by atoms with E-state index in [2.05, 4.69) is 38.6 Å². The number of aromatic nitrogens is 1. The Kier molecular flexibility index (Phi) is 8.90. The van der Waals surface area contributed by atoms with Gasteiger partial charge in [0.15, 0.2) is 10.8 Å². The molecule has 0 unspecified atom stereocenters. The second-order valence-electron chi connectivity index (χ2n) is 11.2.